The van der Waals surface area contributed by atoms with Crippen LogP contribution in [0.15, 0.2) is 12.2 Å². The molecule has 0 nitrogen and oxygen atoms in total. The Hall–Kier alpha value is -0.260. The molecule has 0 unspecified atom stereocenters. The minimum absolute atomic E-state index is 0.910. The van der Waals surface area contributed by atoms with Crippen molar-refractivity contribution in [2.75, 3.05) is 0 Å². The van der Waals surface area contributed by atoms with Gasteiger partial charge >= 0.3 is 0 Å². The Bertz CT molecular complexity index is 94.6. The summed E-state index contributed by atoms with van der Waals surface area (Å²) in [5.41, 5.74) is 0. The van der Waals surface area contributed by atoms with Crippen LogP contribution in [-0.4, -0.2) is 0 Å². The highest BCUT2D eigenvalue weighted by Gasteiger charge is 2.07. The van der Waals surface area contributed by atoms with Crippen molar-refractivity contribution >= 4 is 0 Å². The summed E-state index contributed by atoms with van der Waals surface area (Å²) >= 11 is 0. The van der Waals surface area contributed by atoms with Gasteiger partial charge in [0, 0.05) is 0 Å². The van der Waals surface area contributed by atoms with Gasteiger partial charge in [-0.15, -0.1) is 0 Å². The molecule has 0 heterocycles. The molecule has 0 N–H and O–H groups in total. The molecule has 1 saturated carbocycles. The molecular formula is C10H18. The minimum Gasteiger partial charge on any atom is -0.0914 e. The lowest BCUT2D eigenvalue weighted by Gasteiger charge is -2.05. The van der Waals surface area contributed by atoms with Gasteiger partial charge in [-0.2, -0.15) is 0 Å². The topological polar surface area (TPSA) is 0 Å². The zero-order chi connectivity index (χ0) is 7.23. The first-order valence-electron chi connectivity index (χ1n) is 4.56. The third-order valence-corrected chi connectivity index (χ3v) is 2.36. The number of hydrogen-bond acceptors (Lipinski definition) is 0. The minimum atomic E-state index is 0.910. The van der Waals surface area contributed by atoms with Crippen LogP contribution in [0.2, 0.25) is 0 Å². The van der Waals surface area contributed by atoms with Crippen molar-refractivity contribution in [2.45, 2.75) is 45.4 Å². The molecule has 0 heteroatoms. The van der Waals surface area contributed by atoms with Gasteiger partial charge < -0.3 is 0 Å². The normalized spacial score (nSPS) is 23.3. The fraction of sp³-hybridized carbons (Fsp3) is 0.800. The fourth-order valence-electron chi connectivity index (χ4n) is 1.78. The van der Waals surface area contributed by atoms with Crippen molar-refractivity contribution in [2.24, 2.45) is 5.92 Å². The molecule has 0 aromatic rings. The molecule has 58 valence electrons. The zero-order valence-corrected chi connectivity index (χ0v) is 6.97. The molecule has 0 spiro atoms. The van der Waals surface area contributed by atoms with Crippen molar-refractivity contribution in [3.05, 3.63) is 12.2 Å². The fourth-order valence-corrected chi connectivity index (χ4v) is 1.78. The number of hydrogen-bond donors (Lipinski definition) is 0. The molecule has 0 aliphatic heterocycles. The monoisotopic (exact) mass is 138 g/mol. The van der Waals surface area contributed by atoms with E-state index in [4.69, 9.17) is 0 Å². The van der Waals surface area contributed by atoms with Gasteiger partial charge in [0.2, 0.25) is 0 Å². The maximum Gasteiger partial charge on any atom is -0.0234 e. The van der Waals surface area contributed by atoms with Crippen molar-refractivity contribution in [1.82, 2.24) is 0 Å². The Balaban J connectivity index is 2.28. The average Bonchev–Trinajstić information content (AvgIpc) is 2.17. The predicted molar refractivity (Wildman–Crippen MR) is 46.0 cm³/mol. The first kappa shape index (κ1) is 7.84. The van der Waals surface area contributed by atoms with E-state index >= 15 is 0 Å². The van der Waals surface area contributed by atoms with Crippen molar-refractivity contribution in [3.63, 3.8) is 0 Å². The molecule has 1 aliphatic carbocycles. The van der Waals surface area contributed by atoms with Crippen molar-refractivity contribution in [3.8, 4) is 0 Å². The Morgan fingerprint density at radius 3 is 2.10 bits per heavy atom. The van der Waals surface area contributed by atoms with Crippen LogP contribution >= 0.6 is 0 Å². The summed E-state index contributed by atoms with van der Waals surface area (Å²) in [6.45, 7) is 2.13. The lowest BCUT2D eigenvalue weighted by molar-refractivity contribution is 0.559. The van der Waals surface area contributed by atoms with E-state index < -0.39 is 0 Å². The quantitative estimate of drug-likeness (QED) is 0.384. The van der Waals surface area contributed by atoms with E-state index in [9.17, 15) is 0 Å². The Morgan fingerprint density at radius 1 is 1.00 bits per heavy atom. The van der Waals surface area contributed by atoms with Crippen LogP contribution in [0, 0.1) is 5.92 Å². The molecule has 10 heavy (non-hydrogen) atoms. The maximum absolute atomic E-state index is 2.38. The Kier molecular flexibility index (Phi) is 3.56. The summed E-state index contributed by atoms with van der Waals surface area (Å²) in [5.74, 6) is 0.910. The molecule has 0 amide bonds. The molecule has 1 aliphatic rings. The van der Waals surface area contributed by atoms with Gasteiger partial charge in [0.1, 0.15) is 0 Å². The highest BCUT2D eigenvalue weighted by atomic mass is 14.1. The summed E-state index contributed by atoms with van der Waals surface area (Å²) in [6.07, 6.45) is 13.3. The van der Waals surface area contributed by atoms with E-state index in [0.717, 1.165) is 5.92 Å². The van der Waals surface area contributed by atoms with Crippen molar-refractivity contribution in [1.29, 1.82) is 0 Å². The third kappa shape index (κ3) is 2.55. The molecule has 0 bridgehead atoms. The van der Waals surface area contributed by atoms with Crippen LogP contribution in [-0.2, 0) is 0 Å². The number of allylic oxidation sites excluding steroid dienone is 2. The highest BCUT2D eigenvalue weighted by molar-refractivity contribution is 4.86. The van der Waals surface area contributed by atoms with Gasteiger partial charge in [0.15, 0.2) is 0 Å². The molecular weight excluding hydrogens is 120 g/mol. The number of rotatable bonds is 1. The second-order valence-electron chi connectivity index (χ2n) is 3.28. The van der Waals surface area contributed by atoms with Crippen LogP contribution in [0.4, 0.5) is 0 Å². The highest BCUT2D eigenvalue weighted by Crippen LogP contribution is 2.23. The van der Waals surface area contributed by atoms with E-state index in [1.165, 1.54) is 38.5 Å². The van der Waals surface area contributed by atoms with Gasteiger partial charge in [-0.1, -0.05) is 37.8 Å². The predicted octanol–water partition coefficient (Wildman–Crippen LogP) is 3.53. The first-order valence-corrected chi connectivity index (χ1v) is 4.56. The second-order valence-corrected chi connectivity index (χ2v) is 3.28. The SMILES string of the molecule is C/C=C/C1CCCCCC1. The van der Waals surface area contributed by atoms with Crippen LogP contribution in [0.3, 0.4) is 0 Å². The third-order valence-electron chi connectivity index (χ3n) is 2.36. The molecule has 0 aromatic heterocycles. The first-order chi connectivity index (χ1) is 4.93. The average molecular weight is 138 g/mol. The van der Waals surface area contributed by atoms with Crippen molar-refractivity contribution < 1.29 is 0 Å². The van der Waals surface area contributed by atoms with E-state index in [1.807, 2.05) is 0 Å². The van der Waals surface area contributed by atoms with Gasteiger partial charge in [0.05, 0.1) is 0 Å². The lowest BCUT2D eigenvalue weighted by Crippen LogP contribution is -1.92. The standard InChI is InChI=1S/C10H18/c1-2-7-10-8-5-3-4-6-9-10/h2,7,10H,3-6,8-9H2,1H3/b7-2+. The van der Waals surface area contributed by atoms with Gasteiger partial charge in [-0.25, -0.2) is 0 Å². The van der Waals surface area contributed by atoms with Gasteiger partial charge in [0.25, 0.3) is 0 Å². The van der Waals surface area contributed by atoms with E-state index in [1.54, 1.807) is 0 Å². The summed E-state index contributed by atoms with van der Waals surface area (Å²) in [6, 6.07) is 0. The molecule has 0 atom stereocenters. The van der Waals surface area contributed by atoms with E-state index in [-0.39, 0.29) is 0 Å². The second kappa shape index (κ2) is 4.54. The molecule has 1 fully saturated rings. The largest absolute Gasteiger partial charge is 0.0914 e. The van der Waals surface area contributed by atoms with Gasteiger partial charge in [-0.05, 0) is 25.7 Å². The summed E-state index contributed by atoms with van der Waals surface area (Å²) in [5, 5.41) is 0. The lowest BCUT2D eigenvalue weighted by atomic mass is 10.0. The maximum atomic E-state index is 2.38. The Morgan fingerprint density at radius 2 is 1.60 bits per heavy atom. The van der Waals surface area contributed by atoms with Crippen LogP contribution in [0.1, 0.15) is 45.4 Å². The van der Waals surface area contributed by atoms with Crippen LogP contribution < -0.4 is 0 Å². The Labute approximate surface area is 64.3 Å². The molecule has 0 saturated heterocycles. The van der Waals surface area contributed by atoms with Crippen LogP contribution in [0.25, 0.3) is 0 Å². The molecule has 0 aromatic carbocycles. The summed E-state index contributed by atoms with van der Waals surface area (Å²) in [7, 11) is 0. The van der Waals surface area contributed by atoms with Gasteiger partial charge in [-0.3, -0.25) is 0 Å². The smallest absolute Gasteiger partial charge is 0.0234 e. The summed E-state index contributed by atoms with van der Waals surface area (Å²) in [4.78, 5) is 0. The van der Waals surface area contributed by atoms with Crippen LogP contribution in [0.5, 0.6) is 0 Å². The molecule has 0 radical (unpaired) electrons. The zero-order valence-electron chi connectivity index (χ0n) is 6.97. The molecule has 1 rings (SSSR count). The van der Waals surface area contributed by atoms with E-state index in [0.29, 0.717) is 0 Å². The summed E-state index contributed by atoms with van der Waals surface area (Å²) < 4.78 is 0. The van der Waals surface area contributed by atoms with E-state index in [2.05, 4.69) is 19.1 Å².